The Morgan fingerprint density at radius 2 is 2.36 bits per heavy atom. The van der Waals surface area contributed by atoms with Gasteiger partial charge in [-0.1, -0.05) is 12.1 Å². The number of rotatable bonds is 1. The summed E-state index contributed by atoms with van der Waals surface area (Å²) in [6.45, 7) is 0. The van der Waals surface area contributed by atoms with Gasteiger partial charge in [0.1, 0.15) is 11.9 Å². The van der Waals surface area contributed by atoms with Crippen LogP contribution in [0.15, 0.2) is 18.2 Å². The van der Waals surface area contributed by atoms with Crippen molar-refractivity contribution in [3.63, 3.8) is 0 Å². The Kier molecular flexibility index (Phi) is 1.77. The number of methoxy groups -OCH3 is 1. The molecule has 74 valence electrons. The lowest BCUT2D eigenvalue weighted by Crippen LogP contribution is -1.96. The van der Waals surface area contributed by atoms with E-state index in [0.29, 0.717) is 12.2 Å². The van der Waals surface area contributed by atoms with E-state index in [2.05, 4.69) is 12.1 Å². The van der Waals surface area contributed by atoms with Gasteiger partial charge in [-0.3, -0.25) is 0 Å². The van der Waals surface area contributed by atoms with Gasteiger partial charge in [0.05, 0.1) is 13.2 Å². The average Bonchev–Trinajstić information content (AvgIpc) is 2.96. The Morgan fingerprint density at radius 3 is 3.21 bits per heavy atom. The van der Waals surface area contributed by atoms with Crippen LogP contribution >= 0.6 is 0 Å². The van der Waals surface area contributed by atoms with E-state index in [0.717, 1.165) is 12.2 Å². The van der Waals surface area contributed by atoms with Crippen LogP contribution in [0.1, 0.15) is 30.1 Å². The summed E-state index contributed by atoms with van der Waals surface area (Å²) >= 11 is 0. The number of epoxide rings is 1. The molecular formula is C12H14O2. The molecule has 2 nitrogen and oxygen atoms in total. The molecule has 0 saturated carbocycles. The summed E-state index contributed by atoms with van der Waals surface area (Å²) in [5.74, 6) is 1.03. The minimum atomic E-state index is 0.364. The van der Waals surface area contributed by atoms with Crippen molar-refractivity contribution in [2.75, 3.05) is 7.11 Å². The van der Waals surface area contributed by atoms with Gasteiger partial charge < -0.3 is 9.47 Å². The molecular weight excluding hydrogens is 176 g/mol. The molecule has 0 radical (unpaired) electrons. The van der Waals surface area contributed by atoms with Crippen LogP contribution < -0.4 is 4.74 Å². The number of hydrogen-bond donors (Lipinski definition) is 0. The number of hydrogen-bond acceptors (Lipinski definition) is 2. The van der Waals surface area contributed by atoms with Crippen molar-refractivity contribution < 1.29 is 9.47 Å². The van der Waals surface area contributed by atoms with Crippen LogP contribution in [0.25, 0.3) is 0 Å². The van der Waals surface area contributed by atoms with Gasteiger partial charge >= 0.3 is 0 Å². The fraction of sp³-hybridized carbons (Fsp3) is 0.500. The van der Waals surface area contributed by atoms with E-state index in [-0.39, 0.29) is 0 Å². The molecule has 1 fully saturated rings. The molecule has 0 N–H and O–H groups in total. The molecule has 0 bridgehead atoms. The van der Waals surface area contributed by atoms with E-state index in [1.807, 2.05) is 6.07 Å². The molecule has 1 aliphatic carbocycles. The van der Waals surface area contributed by atoms with E-state index in [9.17, 15) is 0 Å². The fourth-order valence-electron chi connectivity index (χ4n) is 2.42. The highest BCUT2D eigenvalue weighted by atomic mass is 16.6. The van der Waals surface area contributed by atoms with E-state index >= 15 is 0 Å². The van der Waals surface area contributed by atoms with E-state index < -0.39 is 0 Å². The Morgan fingerprint density at radius 1 is 1.43 bits per heavy atom. The van der Waals surface area contributed by atoms with Crippen LogP contribution in [0.4, 0.5) is 0 Å². The molecule has 14 heavy (non-hydrogen) atoms. The Hall–Kier alpha value is -1.02. The van der Waals surface area contributed by atoms with Gasteiger partial charge in [0.25, 0.3) is 0 Å². The fourth-order valence-corrected chi connectivity index (χ4v) is 2.42. The van der Waals surface area contributed by atoms with Crippen molar-refractivity contribution in [3.8, 4) is 5.75 Å². The predicted octanol–water partition coefficient (Wildman–Crippen LogP) is 2.47. The van der Waals surface area contributed by atoms with Crippen molar-refractivity contribution in [1.29, 1.82) is 0 Å². The lowest BCUT2D eigenvalue weighted by molar-refractivity contribution is 0.353. The summed E-state index contributed by atoms with van der Waals surface area (Å²) < 4.78 is 11.0. The van der Waals surface area contributed by atoms with E-state index in [1.54, 1.807) is 7.11 Å². The van der Waals surface area contributed by atoms with Crippen LogP contribution in [-0.2, 0) is 11.2 Å². The van der Waals surface area contributed by atoms with Crippen LogP contribution in [0.3, 0.4) is 0 Å². The van der Waals surface area contributed by atoms with Crippen molar-refractivity contribution in [3.05, 3.63) is 29.3 Å². The molecule has 0 aromatic heterocycles. The van der Waals surface area contributed by atoms with Crippen molar-refractivity contribution in [1.82, 2.24) is 0 Å². The molecule has 1 aliphatic heterocycles. The topological polar surface area (TPSA) is 21.8 Å². The second-order valence-electron chi connectivity index (χ2n) is 4.02. The van der Waals surface area contributed by atoms with Gasteiger partial charge in [-0.05, 0) is 36.5 Å². The monoisotopic (exact) mass is 190 g/mol. The SMILES string of the molecule is COc1cccc2c1CCC[C@H]1O[C@@H]21. The molecule has 2 heteroatoms. The van der Waals surface area contributed by atoms with Gasteiger partial charge in [0.2, 0.25) is 0 Å². The maximum atomic E-state index is 5.63. The van der Waals surface area contributed by atoms with Crippen LogP contribution in [0.2, 0.25) is 0 Å². The van der Waals surface area contributed by atoms with Crippen molar-refractivity contribution >= 4 is 0 Å². The van der Waals surface area contributed by atoms with Gasteiger partial charge in [-0.15, -0.1) is 0 Å². The second-order valence-corrected chi connectivity index (χ2v) is 4.02. The summed E-state index contributed by atoms with van der Waals surface area (Å²) in [4.78, 5) is 0. The molecule has 2 atom stereocenters. The molecule has 1 saturated heterocycles. The number of benzene rings is 1. The summed E-state index contributed by atoms with van der Waals surface area (Å²) in [5, 5.41) is 0. The quantitative estimate of drug-likeness (QED) is 0.634. The molecule has 0 unspecified atom stereocenters. The normalized spacial score (nSPS) is 28.6. The lowest BCUT2D eigenvalue weighted by Gasteiger charge is -2.10. The third-order valence-electron chi connectivity index (χ3n) is 3.19. The van der Waals surface area contributed by atoms with Gasteiger partial charge in [0, 0.05) is 0 Å². The zero-order valence-corrected chi connectivity index (χ0v) is 8.32. The van der Waals surface area contributed by atoms with Crippen molar-refractivity contribution in [2.45, 2.75) is 31.5 Å². The lowest BCUT2D eigenvalue weighted by atomic mass is 10.0. The van der Waals surface area contributed by atoms with Crippen molar-refractivity contribution in [2.24, 2.45) is 0 Å². The largest absolute Gasteiger partial charge is 0.496 e. The highest BCUT2D eigenvalue weighted by Crippen LogP contribution is 2.47. The summed E-state index contributed by atoms with van der Waals surface area (Å²) in [5.41, 5.74) is 2.71. The summed E-state index contributed by atoms with van der Waals surface area (Å²) in [7, 11) is 1.74. The standard InChI is InChI=1S/C12H14O2/c1-13-10-6-3-5-9-8(10)4-2-7-11-12(9)14-11/h3,5-6,11-12H,2,4,7H2,1H3/t11-,12+/m1/s1. The third-order valence-corrected chi connectivity index (χ3v) is 3.19. The average molecular weight is 190 g/mol. The minimum Gasteiger partial charge on any atom is -0.496 e. The first-order chi connectivity index (χ1) is 6.90. The van der Waals surface area contributed by atoms with E-state index in [1.165, 1.54) is 24.0 Å². The minimum absolute atomic E-state index is 0.364. The molecule has 0 spiro atoms. The summed E-state index contributed by atoms with van der Waals surface area (Å²) in [6, 6.07) is 6.27. The first-order valence-corrected chi connectivity index (χ1v) is 5.21. The highest BCUT2D eigenvalue weighted by molar-refractivity contribution is 5.44. The van der Waals surface area contributed by atoms with Crippen LogP contribution in [0.5, 0.6) is 5.75 Å². The summed E-state index contributed by atoms with van der Waals surface area (Å²) in [6.07, 6.45) is 4.40. The molecule has 2 aliphatic rings. The molecule has 3 rings (SSSR count). The van der Waals surface area contributed by atoms with Gasteiger partial charge in [-0.2, -0.15) is 0 Å². The number of ether oxygens (including phenoxy) is 2. The first kappa shape index (κ1) is 8.30. The van der Waals surface area contributed by atoms with Crippen LogP contribution in [-0.4, -0.2) is 13.2 Å². The smallest absolute Gasteiger partial charge is 0.122 e. The molecule has 1 heterocycles. The Bertz CT molecular complexity index is 359. The zero-order valence-electron chi connectivity index (χ0n) is 8.32. The molecule has 1 aromatic rings. The van der Waals surface area contributed by atoms with Crippen LogP contribution in [0, 0.1) is 0 Å². The maximum absolute atomic E-state index is 5.63. The van der Waals surface area contributed by atoms with Gasteiger partial charge in [-0.25, -0.2) is 0 Å². The Balaban J connectivity index is 2.09. The number of fused-ring (bicyclic) bond motifs is 3. The zero-order chi connectivity index (χ0) is 9.54. The second kappa shape index (κ2) is 2.99. The maximum Gasteiger partial charge on any atom is 0.122 e. The third kappa shape index (κ3) is 1.14. The Labute approximate surface area is 83.8 Å². The first-order valence-electron chi connectivity index (χ1n) is 5.21. The molecule has 0 amide bonds. The van der Waals surface area contributed by atoms with Gasteiger partial charge in [0.15, 0.2) is 0 Å². The van der Waals surface area contributed by atoms with E-state index in [4.69, 9.17) is 9.47 Å². The predicted molar refractivity (Wildman–Crippen MR) is 53.5 cm³/mol. The highest BCUT2D eigenvalue weighted by Gasteiger charge is 2.42. The molecule has 1 aromatic carbocycles.